The third-order valence-corrected chi connectivity index (χ3v) is 14.1. The number of nitrogens with zero attached hydrogens (tertiary/aromatic N) is 4. The van der Waals surface area contributed by atoms with Crippen molar-refractivity contribution in [3.63, 3.8) is 0 Å². The maximum atomic E-state index is 5.01. The van der Waals surface area contributed by atoms with Gasteiger partial charge >= 0.3 is 0 Å². The van der Waals surface area contributed by atoms with Gasteiger partial charge in [-0.3, -0.25) is 0 Å². The smallest absolute Gasteiger partial charge is 0.164 e. The van der Waals surface area contributed by atoms with E-state index in [4.69, 9.17) is 21.5 Å². The van der Waals surface area contributed by atoms with Crippen molar-refractivity contribution in [2.24, 2.45) is 11.3 Å². The molecule has 2 heterocycles. The molecule has 0 N–H and O–H groups in total. The average Bonchev–Trinajstić information content (AvgIpc) is 3.90. The molecule has 67 heavy (non-hydrogen) atoms. The summed E-state index contributed by atoms with van der Waals surface area (Å²) < 4.78 is 0. The summed E-state index contributed by atoms with van der Waals surface area (Å²) in [5, 5.41) is 0. The lowest BCUT2D eigenvalue weighted by Gasteiger charge is -2.38. The molecule has 328 valence electrons. The zero-order chi connectivity index (χ0) is 46.3. The first-order valence-electron chi connectivity index (χ1n) is 23.4. The van der Waals surface area contributed by atoms with E-state index in [2.05, 4.69) is 180 Å². The number of fused-ring (bicyclic) bond motifs is 5. The predicted octanol–water partition coefficient (Wildman–Crippen LogP) is 15.3. The van der Waals surface area contributed by atoms with E-state index >= 15 is 0 Å². The highest BCUT2D eigenvalue weighted by Gasteiger charge is 2.41. The highest BCUT2D eigenvalue weighted by atomic mass is 15.2. The summed E-state index contributed by atoms with van der Waals surface area (Å²) in [5.41, 5.74) is 17.9. The molecular formula is C63H56N4. The Balaban J connectivity index is 1.08. The van der Waals surface area contributed by atoms with Crippen LogP contribution in [0.1, 0.15) is 58.0 Å². The van der Waals surface area contributed by atoms with Gasteiger partial charge in [-0.15, -0.1) is 0 Å². The van der Waals surface area contributed by atoms with Crippen LogP contribution in [0.25, 0.3) is 28.3 Å². The fourth-order valence-corrected chi connectivity index (χ4v) is 10.4. The number of hydrogen-bond acceptors (Lipinski definition) is 4. The molecule has 0 spiro atoms. The van der Waals surface area contributed by atoms with Crippen molar-refractivity contribution in [2.45, 2.75) is 52.9 Å². The third-order valence-electron chi connectivity index (χ3n) is 14.1. The van der Waals surface area contributed by atoms with Crippen LogP contribution in [-0.4, -0.2) is 15.0 Å². The third kappa shape index (κ3) is 7.97. The van der Waals surface area contributed by atoms with Crippen LogP contribution >= 0.6 is 0 Å². The highest BCUT2D eigenvalue weighted by Crippen LogP contribution is 2.54. The lowest BCUT2D eigenvalue weighted by molar-refractivity contribution is 0.601. The summed E-state index contributed by atoms with van der Waals surface area (Å²) in [4.78, 5) is 17.4. The van der Waals surface area contributed by atoms with Gasteiger partial charge in [-0.2, -0.15) is 0 Å². The molecular weight excluding hydrogens is 813 g/mol. The SMILES string of the molecule is C=C(/C=C(\C=C/C)C1=CC=C/C1=C1\C(C)C=CC1(C)C1=CC=C2CC(=C1)C1=C/Cc3ccccc3C(C)(C)C(=C)/C=C\1N2c1ccccc1)c1nc(-c2ccccc2)nc(-c2ccccc2)n1. The Morgan fingerprint density at radius 3 is 2.12 bits per heavy atom. The van der Waals surface area contributed by atoms with Crippen LogP contribution in [0.3, 0.4) is 0 Å². The van der Waals surface area contributed by atoms with Crippen LogP contribution in [0.15, 0.2) is 263 Å². The maximum absolute atomic E-state index is 5.01. The number of anilines is 1. The van der Waals surface area contributed by atoms with Gasteiger partial charge in [0.25, 0.3) is 0 Å². The van der Waals surface area contributed by atoms with Gasteiger partial charge in [-0.1, -0.05) is 198 Å². The van der Waals surface area contributed by atoms with E-state index in [9.17, 15) is 0 Å². The van der Waals surface area contributed by atoms with Gasteiger partial charge in [0.05, 0.1) is 5.70 Å². The molecule has 0 amide bonds. The molecule has 1 aromatic heterocycles. The van der Waals surface area contributed by atoms with Crippen molar-refractivity contribution in [3.8, 4) is 22.8 Å². The Bertz CT molecular complexity index is 3130. The first-order chi connectivity index (χ1) is 32.5. The van der Waals surface area contributed by atoms with Crippen molar-refractivity contribution in [2.75, 3.05) is 4.90 Å². The van der Waals surface area contributed by atoms with E-state index < -0.39 is 5.41 Å². The Morgan fingerprint density at radius 1 is 0.776 bits per heavy atom. The molecule has 4 nitrogen and oxygen atoms in total. The van der Waals surface area contributed by atoms with Crippen LogP contribution in [0.5, 0.6) is 0 Å². The molecule has 1 fully saturated rings. The zero-order valence-corrected chi connectivity index (χ0v) is 39.2. The minimum atomic E-state index is -0.399. The predicted molar refractivity (Wildman–Crippen MR) is 280 cm³/mol. The number of hydrogen-bond donors (Lipinski definition) is 0. The van der Waals surface area contributed by atoms with E-state index in [-0.39, 0.29) is 11.3 Å². The molecule has 4 heteroatoms. The maximum Gasteiger partial charge on any atom is 0.164 e. The van der Waals surface area contributed by atoms with E-state index in [0.29, 0.717) is 23.0 Å². The van der Waals surface area contributed by atoms with Gasteiger partial charge in [0, 0.05) is 45.3 Å². The van der Waals surface area contributed by atoms with Crippen LogP contribution in [0, 0.1) is 11.3 Å². The molecule has 2 bridgehead atoms. The molecule has 0 radical (unpaired) electrons. The second-order valence-electron chi connectivity index (χ2n) is 18.7. The molecule has 4 aliphatic carbocycles. The Hall–Kier alpha value is -7.69. The van der Waals surface area contributed by atoms with E-state index in [1.807, 2.05) is 60.7 Å². The molecule has 5 aliphatic rings. The Kier molecular flexibility index (Phi) is 11.4. The van der Waals surface area contributed by atoms with Crippen LogP contribution in [-0.2, 0) is 11.8 Å². The van der Waals surface area contributed by atoms with Gasteiger partial charge in [-0.25, -0.2) is 15.0 Å². The fraction of sp³-hybridized carbons (Fsp3) is 0.159. The minimum absolute atomic E-state index is 0.198. The van der Waals surface area contributed by atoms with Crippen molar-refractivity contribution in [1.29, 1.82) is 0 Å². The summed E-state index contributed by atoms with van der Waals surface area (Å²) in [7, 11) is 0. The summed E-state index contributed by atoms with van der Waals surface area (Å²) in [6, 6.07) is 39.9. The molecule has 1 aliphatic heterocycles. The quantitative estimate of drug-likeness (QED) is 0.115. The van der Waals surface area contributed by atoms with Gasteiger partial charge < -0.3 is 4.90 Å². The molecule has 2 atom stereocenters. The standard InChI is InChI=1S/C63H56N4/c1-8-21-48(38-43(3)59-64-60(46-23-12-9-13-24-46)66-61(65-59)47-25-14-10-15-26-47)53-29-20-30-55(53)58-42(2)36-37-63(58,7)50-33-34-52-41-49(40-50)54-35-32-45-22-18-19-31-56(45)62(5,6)44(4)39-57(54)67(52)51-27-16-11-17-28-51/h8-31,33-40,42H,3-4,32,41H2,1-2,5-7H3/b21-8-,48-38+,54-35-,57-39+,58-55-. The summed E-state index contributed by atoms with van der Waals surface area (Å²) in [6.07, 6.45) is 31.6. The van der Waals surface area contributed by atoms with Crippen LogP contribution in [0.2, 0.25) is 0 Å². The largest absolute Gasteiger partial charge is 0.313 e. The summed E-state index contributed by atoms with van der Waals surface area (Å²) in [5.74, 6) is 1.96. The summed E-state index contributed by atoms with van der Waals surface area (Å²) >= 11 is 0. The van der Waals surface area contributed by atoms with Crippen molar-refractivity contribution < 1.29 is 0 Å². The number of benzene rings is 4. The van der Waals surface area contributed by atoms with Gasteiger partial charge in [0.2, 0.25) is 0 Å². The van der Waals surface area contributed by atoms with Crippen molar-refractivity contribution >= 4 is 11.3 Å². The molecule has 4 aromatic carbocycles. The molecule has 2 unspecified atom stereocenters. The fourth-order valence-electron chi connectivity index (χ4n) is 10.4. The van der Waals surface area contributed by atoms with Crippen molar-refractivity contribution in [3.05, 3.63) is 280 Å². The second-order valence-corrected chi connectivity index (χ2v) is 18.7. The number of aromatic nitrogens is 3. The second kappa shape index (κ2) is 17.6. The van der Waals surface area contributed by atoms with Crippen molar-refractivity contribution in [1.82, 2.24) is 15.0 Å². The first-order valence-corrected chi connectivity index (χ1v) is 23.4. The van der Waals surface area contributed by atoms with Crippen LogP contribution in [0.4, 0.5) is 5.69 Å². The molecule has 0 saturated carbocycles. The molecule has 10 rings (SSSR count). The first kappa shape index (κ1) is 43.2. The minimum Gasteiger partial charge on any atom is -0.313 e. The van der Waals surface area contributed by atoms with Gasteiger partial charge in [-0.05, 0) is 112 Å². The zero-order valence-electron chi connectivity index (χ0n) is 39.2. The van der Waals surface area contributed by atoms with E-state index in [1.165, 1.54) is 50.4 Å². The van der Waals surface area contributed by atoms with Crippen LogP contribution < -0.4 is 4.90 Å². The lowest BCUT2D eigenvalue weighted by Crippen LogP contribution is -2.29. The number of allylic oxidation sites excluding steroid dienone is 22. The molecule has 5 aromatic rings. The van der Waals surface area contributed by atoms with Gasteiger partial charge in [0.1, 0.15) is 0 Å². The highest BCUT2D eigenvalue weighted by molar-refractivity contribution is 5.78. The monoisotopic (exact) mass is 868 g/mol. The Morgan fingerprint density at radius 2 is 1.43 bits per heavy atom. The normalized spacial score (nSPS) is 23.6. The Labute approximate surface area is 396 Å². The van der Waals surface area contributed by atoms with E-state index in [1.54, 1.807) is 0 Å². The number of para-hydroxylation sites is 1. The summed E-state index contributed by atoms with van der Waals surface area (Å²) in [6.45, 7) is 20.8. The lowest BCUT2D eigenvalue weighted by atomic mass is 9.71. The number of piperidine rings is 1. The topological polar surface area (TPSA) is 41.9 Å². The van der Waals surface area contributed by atoms with Gasteiger partial charge in [0.15, 0.2) is 17.5 Å². The molecule has 1 saturated heterocycles. The van der Waals surface area contributed by atoms with E-state index in [0.717, 1.165) is 46.4 Å². The average molecular weight is 869 g/mol. The number of rotatable bonds is 8.